The first-order valence-corrected chi connectivity index (χ1v) is 18.6. The number of nitrogens with zero attached hydrogens (tertiary/aromatic N) is 1. The van der Waals surface area contributed by atoms with Crippen molar-refractivity contribution in [3.63, 3.8) is 0 Å². The van der Waals surface area contributed by atoms with Gasteiger partial charge in [-0.15, -0.1) is 0 Å². The Labute approximate surface area is 312 Å². The lowest BCUT2D eigenvalue weighted by atomic mass is 9.55. The van der Waals surface area contributed by atoms with Gasteiger partial charge in [-0.25, -0.2) is 0 Å². The highest BCUT2D eigenvalue weighted by Gasteiger charge is 2.53. The number of para-hydroxylation sites is 2. The molecule has 8 aromatic carbocycles. The number of benzene rings is 8. The number of anilines is 3. The van der Waals surface area contributed by atoms with Crippen molar-refractivity contribution in [1.29, 1.82) is 0 Å². The largest absolute Gasteiger partial charge is 0.310 e. The first-order valence-electron chi connectivity index (χ1n) is 18.6. The quantitative estimate of drug-likeness (QED) is 0.175. The van der Waals surface area contributed by atoms with E-state index in [2.05, 4.69) is 219 Å². The minimum absolute atomic E-state index is 0.125. The minimum Gasteiger partial charge on any atom is -0.310 e. The Morgan fingerprint density at radius 3 is 1.45 bits per heavy atom. The molecule has 1 heteroatoms. The fourth-order valence-electron chi connectivity index (χ4n) is 9.48. The van der Waals surface area contributed by atoms with Crippen molar-refractivity contribution >= 4 is 17.1 Å². The van der Waals surface area contributed by atoms with E-state index in [0.717, 1.165) is 17.1 Å². The molecule has 0 N–H and O–H groups in total. The molecule has 2 aliphatic carbocycles. The second-order valence-electron chi connectivity index (χ2n) is 14.8. The summed E-state index contributed by atoms with van der Waals surface area (Å²) in [5.74, 6) is 0. The third-order valence-corrected chi connectivity index (χ3v) is 11.8. The van der Waals surface area contributed by atoms with Gasteiger partial charge in [0.05, 0.1) is 11.1 Å². The summed E-state index contributed by atoms with van der Waals surface area (Å²) in [7, 11) is 0. The molecule has 0 aromatic heterocycles. The third kappa shape index (κ3) is 4.57. The van der Waals surface area contributed by atoms with E-state index >= 15 is 0 Å². The van der Waals surface area contributed by atoms with Crippen molar-refractivity contribution in [3.05, 3.63) is 234 Å². The Morgan fingerprint density at radius 2 is 0.792 bits per heavy atom. The summed E-state index contributed by atoms with van der Waals surface area (Å²) in [5, 5.41) is 0. The second kappa shape index (κ2) is 12.1. The predicted molar refractivity (Wildman–Crippen MR) is 221 cm³/mol. The fraction of sp³-hybridized carbons (Fsp3) is 0.0769. The van der Waals surface area contributed by atoms with Crippen molar-refractivity contribution in [1.82, 2.24) is 0 Å². The molecule has 0 fully saturated rings. The van der Waals surface area contributed by atoms with Crippen LogP contribution in [0.1, 0.15) is 47.2 Å². The van der Waals surface area contributed by atoms with E-state index in [-0.39, 0.29) is 5.41 Å². The molecule has 0 aliphatic heterocycles. The Hall–Kier alpha value is -6.44. The van der Waals surface area contributed by atoms with Gasteiger partial charge in [-0.2, -0.15) is 0 Å². The highest BCUT2D eigenvalue weighted by atomic mass is 15.1. The molecule has 0 radical (unpaired) electrons. The van der Waals surface area contributed by atoms with Crippen LogP contribution in [-0.4, -0.2) is 0 Å². The summed E-state index contributed by atoms with van der Waals surface area (Å²) < 4.78 is 0. The van der Waals surface area contributed by atoms with Crippen LogP contribution in [0.4, 0.5) is 17.1 Å². The van der Waals surface area contributed by atoms with Gasteiger partial charge in [0, 0.05) is 22.4 Å². The summed E-state index contributed by atoms with van der Waals surface area (Å²) in [6.45, 7) is 4.76. The summed E-state index contributed by atoms with van der Waals surface area (Å²) in [6, 6.07) is 73.8. The molecule has 0 heterocycles. The van der Waals surface area contributed by atoms with Crippen LogP contribution in [0.5, 0.6) is 0 Å². The molecule has 0 saturated heterocycles. The van der Waals surface area contributed by atoms with Crippen molar-refractivity contribution in [3.8, 4) is 33.4 Å². The van der Waals surface area contributed by atoms with Crippen LogP contribution in [0, 0.1) is 0 Å². The Kier molecular flexibility index (Phi) is 7.13. The van der Waals surface area contributed by atoms with Crippen molar-refractivity contribution in [2.75, 3.05) is 4.90 Å². The summed E-state index contributed by atoms with van der Waals surface area (Å²) >= 11 is 0. The van der Waals surface area contributed by atoms with Gasteiger partial charge in [0.15, 0.2) is 0 Å². The molecule has 0 atom stereocenters. The van der Waals surface area contributed by atoms with Gasteiger partial charge in [0.1, 0.15) is 0 Å². The van der Waals surface area contributed by atoms with Crippen molar-refractivity contribution in [2.45, 2.75) is 24.7 Å². The maximum Gasteiger partial charge on any atom is 0.0719 e. The van der Waals surface area contributed by atoms with Gasteiger partial charge in [0.2, 0.25) is 0 Å². The molecule has 0 bridgehead atoms. The third-order valence-electron chi connectivity index (χ3n) is 11.8. The van der Waals surface area contributed by atoms with E-state index in [9.17, 15) is 0 Å². The van der Waals surface area contributed by atoms with Crippen molar-refractivity contribution in [2.24, 2.45) is 0 Å². The standard InChI is InChI=1S/C52H39N/c1-51(2)46-28-14-16-30-48(46)52(49-31-17-15-29-47(49)51)44-27-13-11-25-41(44)43-35-38(33-34-45(43)52)53(37-21-7-4-8-22-37)50-32-18-12-26-42(50)40-24-10-9-23-39(40)36-19-5-3-6-20-36/h3-35H,1-2H3. The zero-order valence-electron chi connectivity index (χ0n) is 30.0. The van der Waals surface area contributed by atoms with Gasteiger partial charge >= 0.3 is 0 Å². The monoisotopic (exact) mass is 677 g/mol. The molecule has 1 nitrogen and oxygen atoms in total. The summed E-state index contributed by atoms with van der Waals surface area (Å²) in [5.41, 5.74) is 18.5. The second-order valence-corrected chi connectivity index (χ2v) is 14.8. The van der Waals surface area contributed by atoms with Crippen LogP contribution in [0.2, 0.25) is 0 Å². The Balaban J connectivity index is 1.23. The number of rotatable bonds is 5. The summed E-state index contributed by atoms with van der Waals surface area (Å²) in [4.78, 5) is 2.44. The van der Waals surface area contributed by atoms with E-state index in [1.165, 1.54) is 66.8 Å². The zero-order valence-corrected chi connectivity index (χ0v) is 30.0. The van der Waals surface area contributed by atoms with Gasteiger partial charge < -0.3 is 4.90 Å². The van der Waals surface area contributed by atoms with Gasteiger partial charge in [-0.3, -0.25) is 0 Å². The topological polar surface area (TPSA) is 3.24 Å². The van der Waals surface area contributed by atoms with Gasteiger partial charge in [-0.1, -0.05) is 184 Å². The molecule has 1 spiro atoms. The van der Waals surface area contributed by atoms with Crippen LogP contribution >= 0.6 is 0 Å². The maximum absolute atomic E-state index is 2.45. The molecule has 2 aliphatic rings. The average Bonchev–Trinajstić information content (AvgIpc) is 3.51. The molecule has 53 heavy (non-hydrogen) atoms. The van der Waals surface area contributed by atoms with Crippen molar-refractivity contribution < 1.29 is 0 Å². The smallest absolute Gasteiger partial charge is 0.0719 e. The van der Waals surface area contributed by atoms with E-state index in [0.29, 0.717) is 0 Å². The van der Waals surface area contributed by atoms with E-state index in [4.69, 9.17) is 0 Å². The van der Waals surface area contributed by atoms with Gasteiger partial charge in [0.25, 0.3) is 0 Å². The molecule has 252 valence electrons. The first-order chi connectivity index (χ1) is 26.1. The first kappa shape index (κ1) is 31.3. The maximum atomic E-state index is 2.45. The highest BCUT2D eigenvalue weighted by Crippen LogP contribution is 2.62. The molecule has 0 amide bonds. The molecule has 8 aromatic rings. The van der Waals surface area contributed by atoms with E-state index in [1.54, 1.807) is 0 Å². The van der Waals surface area contributed by atoms with E-state index < -0.39 is 5.41 Å². The Morgan fingerprint density at radius 1 is 0.321 bits per heavy atom. The number of hydrogen-bond donors (Lipinski definition) is 0. The lowest BCUT2D eigenvalue weighted by Gasteiger charge is -2.46. The van der Waals surface area contributed by atoms with Crippen LogP contribution in [-0.2, 0) is 10.8 Å². The Bertz CT molecular complexity index is 2600. The van der Waals surface area contributed by atoms with Crippen LogP contribution in [0.3, 0.4) is 0 Å². The number of fused-ring (bicyclic) bond motifs is 9. The van der Waals surface area contributed by atoms with Crippen LogP contribution < -0.4 is 4.90 Å². The van der Waals surface area contributed by atoms with E-state index in [1.807, 2.05) is 0 Å². The SMILES string of the molecule is CC1(C)c2ccccc2C2(c3ccccc3-c3cc(N(c4ccccc4)c4ccccc4-c4ccccc4-c4ccccc4)ccc32)c2ccccc21. The zero-order chi connectivity index (χ0) is 35.6. The fourth-order valence-corrected chi connectivity index (χ4v) is 9.48. The molecule has 10 rings (SSSR count). The van der Waals surface area contributed by atoms with Gasteiger partial charge in [-0.05, 0) is 91.5 Å². The predicted octanol–water partition coefficient (Wildman–Crippen LogP) is 13.5. The van der Waals surface area contributed by atoms with Crippen LogP contribution in [0.25, 0.3) is 33.4 Å². The molecular formula is C52H39N. The lowest BCUT2D eigenvalue weighted by Crippen LogP contribution is -2.40. The normalized spacial score (nSPS) is 14.2. The molecular weight excluding hydrogens is 639 g/mol. The number of hydrogen-bond acceptors (Lipinski definition) is 1. The molecule has 0 unspecified atom stereocenters. The molecule has 0 saturated carbocycles. The summed E-state index contributed by atoms with van der Waals surface area (Å²) in [6.07, 6.45) is 0. The lowest BCUT2D eigenvalue weighted by molar-refractivity contribution is 0.563. The van der Waals surface area contributed by atoms with Crippen LogP contribution in [0.15, 0.2) is 200 Å². The average molecular weight is 678 g/mol. The highest BCUT2D eigenvalue weighted by molar-refractivity contribution is 5.96. The minimum atomic E-state index is -0.419.